The zero-order valence-electron chi connectivity index (χ0n) is 16.7. The van der Waals surface area contributed by atoms with Crippen molar-refractivity contribution in [3.8, 4) is 5.75 Å². The van der Waals surface area contributed by atoms with Crippen molar-refractivity contribution in [2.24, 2.45) is 0 Å². The van der Waals surface area contributed by atoms with Crippen LogP contribution in [0.1, 0.15) is 54.9 Å². The number of carbonyl (C=O) groups excluding carboxylic acids is 2. The molecule has 0 radical (unpaired) electrons. The predicted octanol–water partition coefficient (Wildman–Crippen LogP) is 4.13. The van der Waals surface area contributed by atoms with E-state index in [1.165, 1.54) is 4.90 Å². The molecule has 0 aliphatic carbocycles. The lowest BCUT2D eigenvalue weighted by atomic mass is 9.96. The number of hydrogen-bond donors (Lipinski definition) is 1. The highest BCUT2D eigenvalue weighted by Crippen LogP contribution is 2.40. The fraction of sp³-hybridized carbons (Fsp3) is 0.391. The zero-order chi connectivity index (χ0) is 20.5. The average molecular weight is 395 g/mol. The second-order valence-corrected chi connectivity index (χ2v) is 7.57. The number of Topliss-reactive ketones (excluding diaryl/α,β-unsaturated/α-hetero) is 1. The van der Waals surface area contributed by atoms with Crippen LogP contribution in [0.25, 0.3) is 5.76 Å². The number of aliphatic hydroxyl groups is 1. The molecule has 4 rings (SSSR count). The van der Waals surface area contributed by atoms with Crippen molar-refractivity contribution in [1.29, 1.82) is 0 Å². The van der Waals surface area contributed by atoms with Gasteiger partial charge in [0.05, 0.1) is 12.2 Å². The molecule has 6 heteroatoms. The fourth-order valence-corrected chi connectivity index (χ4v) is 4.00. The second-order valence-electron chi connectivity index (χ2n) is 7.57. The van der Waals surface area contributed by atoms with E-state index in [0.29, 0.717) is 30.2 Å². The molecule has 2 aromatic rings. The normalized spacial score (nSPS) is 20.6. The third-order valence-electron chi connectivity index (χ3n) is 5.51. The van der Waals surface area contributed by atoms with E-state index >= 15 is 0 Å². The predicted molar refractivity (Wildman–Crippen MR) is 108 cm³/mol. The summed E-state index contributed by atoms with van der Waals surface area (Å²) in [5.41, 5.74) is 1.58. The monoisotopic (exact) mass is 395 g/mol. The Bertz CT molecular complexity index is 987. The summed E-state index contributed by atoms with van der Waals surface area (Å²) >= 11 is 0. The molecule has 2 aliphatic heterocycles. The molecule has 1 aromatic heterocycles. The molecule has 29 heavy (non-hydrogen) atoms. The van der Waals surface area contributed by atoms with Crippen molar-refractivity contribution >= 4 is 17.4 Å². The Kier molecular flexibility index (Phi) is 5.18. The molecule has 1 amide bonds. The highest BCUT2D eigenvalue weighted by Gasteiger charge is 2.47. The van der Waals surface area contributed by atoms with Crippen LogP contribution in [0, 0.1) is 6.92 Å². The molecule has 1 fully saturated rings. The quantitative estimate of drug-likeness (QED) is 0.468. The van der Waals surface area contributed by atoms with Gasteiger partial charge in [0.1, 0.15) is 29.1 Å². The van der Waals surface area contributed by atoms with Crippen LogP contribution in [0.5, 0.6) is 5.75 Å². The van der Waals surface area contributed by atoms with Crippen LogP contribution in [-0.4, -0.2) is 34.8 Å². The summed E-state index contributed by atoms with van der Waals surface area (Å²) in [5.74, 6) is 0.531. The molecule has 1 N–H and O–H groups in total. The Morgan fingerprint density at radius 2 is 2.07 bits per heavy atom. The van der Waals surface area contributed by atoms with Crippen molar-refractivity contribution in [3.63, 3.8) is 0 Å². The number of aliphatic hydroxyl groups excluding tert-OH is 1. The molecule has 2 aliphatic rings. The van der Waals surface area contributed by atoms with E-state index in [9.17, 15) is 14.7 Å². The van der Waals surface area contributed by atoms with E-state index in [-0.39, 0.29) is 11.3 Å². The van der Waals surface area contributed by atoms with E-state index in [1.54, 1.807) is 18.2 Å². The first-order valence-electron chi connectivity index (χ1n) is 10.1. The van der Waals surface area contributed by atoms with Crippen LogP contribution < -0.4 is 4.74 Å². The number of nitrogens with zero attached hydrogens (tertiary/aromatic N) is 1. The maximum atomic E-state index is 12.9. The summed E-state index contributed by atoms with van der Waals surface area (Å²) in [6.45, 7) is 4.95. The van der Waals surface area contributed by atoms with Gasteiger partial charge in [-0.15, -0.1) is 0 Å². The van der Waals surface area contributed by atoms with Gasteiger partial charge in [0.25, 0.3) is 11.7 Å². The lowest BCUT2D eigenvalue weighted by molar-refractivity contribution is -0.140. The standard InChI is InChI=1S/C23H25NO5/c1-3-4-11-24-20(18-9-7-14(2)29-18)19(22(26)23(24)27)21(25)16-8-10-17-15(13-16)6-5-12-28-17/h7-10,13,20,25H,3-6,11-12H2,1-2H3/b21-19-. The number of fused-ring (bicyclic) bond motifs is 1. The number of carbonyl (C=O) groups is 2. The number of furan rings is 1. The Hall–Kier alpha value is -3.02. The summed E-state index contributed by atoms with van der Waals surface area (Å²) in [6.07, 6.45) is 3.41. The molecule has 1 unspecified atom stereocenters. The maximum absolute atomic E-state index is 12.9. The van der Waals surface area contributed by atoms with Crippen molar-refractivity contribution in [1.82, 2.24) is 4.90 Å². The SMILES string of the molecule is CCCCN1C(=O)C(=O)/C(=C(\O)c2ccc3c(c2)CCCO3)C1c1ccc(C)o1. The Labute approximate surface area is 169 Å². The van der Waals surface area contributed by atoms with E-state index in [4.69, 9.17) is 9.15 Å². The second kappa shape index (κ2) is 7.78. The first-order chi connectivity index (χ1) is 14.0. The molecule has 3 heterocycles. The number of amides is 1. The molecule has 0 spiro atoms. The van der Waals surface area contributed by atoms with Crippen LogP contribution in [0.2, 0.25) is 0 Å². The summed E-state index contributed by atoms with van der Waals surface area (Å²) in [7, 11) is 0. The van der Waals surface area contributed by atoms with Gasteiger partial charge in [0.15, 0.2) is 0 Å². The van der Waals surface area contributed by atoms with Gasteiger partial charge in [0.2, 0.25) is 0 Å². The largest absolute Gasteiger partial charge is 0.507 e. The Morgan fingerprint density at radius 3 is 2.79 bits per heavy atom. The van der Waals surface area contributed by atoms with Gasteiger partial charge in [-0.25, -0.2) is 0 Å². The molecule has 1 aromatic carbocycles. The van der Waals surface area contributed by atoms with Crippen LogP contribution in [0.4, 0.5) is 0 Å². The molecular formula is C23H25NO5. The van der Waals surface area contributed by atoms with Crippen LogP contribution in [-0.2, 0) is 16.0 Å². The van der Waals surface area contributed by atoms with E-state index < -0.39 is 17.7 Å². The van der Waals surface area contributed by atoms with Crippen molar-refractivity contribution < 1.29 is 23.8 Å². The molecule has 0 bridgehead atoms. The fourth-order valence-electron chi connectivity index (χ4n) is 4.00. The molecule has 1 atom stereocenters. The van der Waals surface area contributed by atoms with Crippen LogP contribution in [0.15, 0.2) is 40.3 Å². The number of hydrogen-bond acceptors (Lipinski definition) is 5. The van der Waals surface area contributed by atoms with Crippen LogP contribution >= 0.6 is 0 Å². The molecule has 0 saturated carbocycles. The number of benzene rings is 1. The third kappa shape index (κ3) is 3.43. The number of ketones is 1. The third-order valence-corrected chi connectivity index (χ3v) is 5.51. The molecular weight excluding hydrogens is 370 g/mol. The molecule has 1 saturated heterocycles. The van der Waals surface area contributed by atoms with Crippen LogP contribution in [0.3, 0.4) is 0 Å². The number of unbranched alkanes of at least 4 members (excludes halogenated alkanes) is 1. The topological polar surface area (TPSA) is 80.0 Å². The summed E-state index contributed by atoms with van der Waals surface area (Å²) in [5, 5.41) is 11.1. The molecule has 6 nitrogen and oxygen atoms in total. The van der Waals surface area contributed by atoms with Gasteiger partial charge in [-0.05, 0) is 62.1 Å². The highest BCUT2D eigenvalue weighted by molar-refractivity contribution is 6.46. The highest BCUT2D eigenvalue weighted by atomic mass is 16.5. The summed E-state index contributed by atoms with van der Waals surface area (Å²) in [4.78, 5) is 27.2. The number of aryl methyl sites for hydroxylation is 2. The van der Waals surface area contributed by atoms with E-state index in [0.717, 1.165) is 37.0 Å². The van der Waals surface area contributed by atoms with Crippen molar-refractivity contribution in [2.45, 2.75) is 45.6 Å². The minimum absolute atomic E-state index is 0.0807. The Balaban J connectivity index is 1.82. The lowest BCUT2D eigenvalue weighted by Crippen LogP contribution is -2.30. The van der Waals surface area contributed by atoms with Gasteiger partial charge < -0.3 is 19.2 Å². The average Bonchev–Trinajstić information content (AvgIpc) is 3.27. The van der Waals surface area contributed by atoms with Gasteiger partial charge in [-0.1, -0.05) is 13.3 Å². The summed E-state index contributed by atoms with van der Waals surface area (Å²) < 4.78 is 11.4. The number of likely N-dealkylation sites (tertiary alicyclic amines) is 1. The minimum atomic E-state index is -0.720. The van der Waals surface area contributed by atoms with E-state index in [1.807, 2.05) is 26.0 Å². The van der Waals surface area contributed by atoms with Crippen molar-refractivity contribution in [2.75, 3.05) is 13.2 Å². The summed E-state index contributed by atoms with van der Waals surface area (Å²) in [6, 6.07) is 8.21. The zero-order valence-corrected chi connectivity index (χ0v) is 16.7. The first-order valence-corrected chi connectivity index (χ1v) is 10.1. The van der Waals surface area contributed by atoms with Gasteiger partial charge in [-0.3, -0.25) is 9.59 Å². The number of ether oxygens (including phenoxy) is 1. The lowest BCUT2D eigenvalue weighted by Gasteiger charge is -2.23. The Morgan fingerprint density at radius 1 is 1.24 bits per heavy atom. The first kappa shape index (κ1) is 19.3. The minimum Gasteiger partial charge on any atom is -0.507 e. The smallest absolute Gasteiger partial charge is 0.295 e. The van der Waals surface area contributed by atoms with Gasteiger partial charge in [0, 0.05) is 12.1 Å². The van der Waals surface area contributed by atoms with E-state index in [2.05, 4.69) is 0 Å². The van der Waals surface area contributed by atoms with Gasteiger partial charge in [-0.2, -0.15) is 0 Å². The number of rotatable bonds is 5. The molecule has 152 valence electrons. The maximum Gasteiger partial charge on any atom is 0.295 e. The van der Waals surface area contributed by atoms with Crippen molar-refractivity contribution in [3.05, 3.63) is 58.6 Å². The van der Waals surface area contributed by atoms with Gasteiger partial charge >= 0.3 is 0 Å².